The summed E-state index contributed by atoms with van der Waals surface area (Å²) in [5.74, 6) is 0.287. The highest BCUT2D eigenvalue weighted by Crippen LogP contribution is 2.25. The zero-order valence-electron chi connectivity index (χ0n) is 15.6. The topological polar surface area (TPSA) is 67.9 Å². The number of ether oxygens (including phenoxy) is 2. The second kappa shape index (κ2) is 8.68. The maximum absolute atomic E-state index is 12.5. The molecule has 0 spiro atoms. The molecule has 2 aromatic rings. The largest absolute Gasteiger partial charge is 0.496 e. The Balaban J connectivity index is 1.74. The lowest BCUT2D eigenvalue weighted by Crippen LogP contribution is -2.42. The van der Waals surface area contributed by atoms with Gasteiger partial charge in [0.25, 0.3) is 5.91 Å². The van der Waals surface area contributed by atoms with E-state index in [0.29, 0.717) is 30.2 Å². The number of methoxy groups -OCH3 is 1. The number of hydrogen-bond acceptors (Lipinski definition) is 4. The first-order chi connectivity index (χ1) is 13.1. The van der Waals surface area contributed by atoms with Gasteiger partial charge in [-0.2, -0.15) is 0 Å². The van der Waals surface area contributed by atoms with E-state index in [1.807, 2.05) is 23.1 Å². The molecule has 2 amide bonds. The fourth-order valence-corrected chi connectivity index (χ4v) is 3.33. The summed E-state index contributed by atoms with van der Waals surface area (Å²) in [5, 5.41) is 2.87. The molecule has 6 heteroatoms. The molecule has 6 nitrogen and oxygen atoms in total. The van der Waals surface area contributed by atoms with E-state index in [4.69, 9.17) is 9.47 Å². The molecule has 1 aliphatic rings. The van der Waals surface area contributed by atoms with Gasteiger partial charge in [0, 0.05) is 37.6 Å². The highest BCUT2D eigenvalue weighted by molar-refractivity contribution is 6.06. The molecule has 0 unspecified atom stereocenters. The number of amides is 2. The van der Waals surface area contributed by atoms with Crippen molar-refractivity contribution in [3.05, 3.63) is 54.1 Å². The van der Waals surface area contributed by atoms with Crippen LogP contribution in [0.2, 0.25) is 0 Å². The summed E-state index contributed by atoms with van der Waals surface area (Å²) in [5.41, 5.74) is 1.95. The van der Waals surface area contributed by atoms with Crippen molar-refractivity contribution in [1.29, 1.82) is 0 Å². The fourth-order valence-electron chi connectivity index (χ4n) is 3.33. The van der Waals surface area contributed by atoms with E-state index in [1.54, 1.807) is 37.3 Å². The van der Waals surface area contributed by atoms with Crippen LogP contribution in [0.1, 0.15) is 30.1 Å². The van der Waals surface area contributed by atoms with Gasteiger partial charge in [0.1, 0.15) is 5.75 Å². The van der Waals surface area contributed by atoms with E-state index in [1.165, 1.54) is 7.11 Å². The second-order valence-electron chi connectivity index (χ2n) is 6.43. The highest BCUT2D eigenvalue weighted by atomic mass is 16.5. The summed E-state index contributed by atoms with van der Waals surface area (Å²) in [6.45, 7) is 2.91. The summed E-state index contributed by atoms with van der Waals surface area (Å²) in [4.78, 5) is 26.5. The second-order valence-corrected chi connectivity index (χ2v) is 6.43. The van der Waals surface area contributed by atoms with Crippen molar-refractivity contribution in [2.75, 3.05) is 30.5 Å². The molecule has 1 fully saturated rings. The van der Waals surface area contributed by atoms with Crippen LogP contribution in [0.5, 0.6) is 5.75 Å². The minimum absolute atomic E-state index is 0.00714. The molecule has 0 aliphatic carbocycles. The van der Waals surface area contributed by atoms with Crippen LogP contribution in [-0.2, 0) is 9.53 Å². The van der Waals surface area contributed by atoms with Gasteiger partial charge in [0.05, 0.1) is 12.7 Å². The van der Waals surface area contributed by atoms with Crippen molar-refractivity contribution < 1.29 is 19.1 Å². The summed E-state index contributed by atoms with van der Waals surface area (Å²) in [7, 11) is 1.54. The molecule has 27 heavy (non-hydrogen) atoms. The number of nitrogens with zero attached hydrogens (tertiary/aromatic N) is 1. The summed E-state index contributed by atoms with van der Waals surface area (Å²) >= 11 is 0. The van der Waals surface area contributed by atoms with Crippen LogP contribution < -0.4 is 15.0 Å². The number of para-hydroxylation sites is 1. The predicted molar refractivity (Wildman–Crippen MR) is 104 cm³/mol. The van der Waals surface area contributed by atoms with Crippen LogP contribution in [0, 0.1) is 0 Å². The van der Waals surface area contributed by atoms with E-state index in [0.717, 1.165) is 18.5 Å². The first-order valence-corrected chi connectivity index (χ1v) is 9.02. The van der Waals surface area contributed by atoms with Crippen LogP contribution in [0.15, 0.2) is 48.5 Å². The molecule has 1 aliphatic heterocycles. The van der Waals surface area contributed by atoms with Crippen LogP contribution in [-0.4, -0.2) is 38.2 Å². The molecular formula is C21H24N2O4. The Morgan fingerprint density at radius 2 is 1.74 bits per heavy atom. The standard InChI is InChI=1S/C21H24N2O4/c1-15(24)23(18-11-13-27-14-12-18)17-9-7-16(8-10-17)22-21(25)19-5-3-4-6-20(19)26-2/h3-10,18H,11-14H2,1-2H3,(H,22,25). The minimum Gasteiger partial charge on any atom is -0.496 e. The van der Waals surface area contributed by atoms with Crippen molar-refractivity contribution in [2.24, 2.45) is 0 Å². The van der Waals surface area contributed by atoms with Gasteiger partial charge in [0.2, 0.25) is 5.91 Å². The van der Waals surface area contributed by atoms with Gasteiger partial charge in [-0.1, -0.05) is 12.1 Å². The Hall–Kier alpha value is -2.86. The number of nitrogens with one attached hydrogen (secondary N) is 1. The smallest absolute Gasteiger partial charge is 0.259 e. The summed E-state index contributed by atoms with van der Waals surface area (Å²) < 4.78 is 10.6. The third-order valence-electron chi connectivity index (χ3n) is 4.65. The molecule has 0 radical (unpaired) electrons. The van der Waals surface area contributed by atoms with Crippen LogP contribution in [0.3, 0.4) is 0 Å². The molecule has 142 valence electrons. The van der Waals surface area contributed by atoms with E-state index in [2.05, 4.69) is 5.32 Å². The molecule has 0 atom stereocenters. The van der Waals surface area contributed by atoms with Gasteiger partial charge >= 0.3 is 0 Å². The number of rotatable bonds is 5. The number of hydrogen-bond donors (Lipinski definition) is 1. The van der Waals surface area contributed by atoms with Crippen molar-refractivity contribution >= 4 is 23.2 Å². The maximum atomic E-state index is 12.5. The Kier molecular flexibility index (Phi) is 6.08. The van der Waals surface area contributed by atoms with E-state index in [-0.39, 0.29) is 17.9 Å². The zero-order chi connectivity index (χ0) is 19.2. The molecule has 1 N–H and O–H groups in total. The summed E-state index contributed by atoms with van der Waals surface area (Å²) in [6.07, 6.45) is 1.65. The lowest BCUT2D eigenvalue weighted by molar-refractivity contribution is -0.117. The van der Waals surface area contributed by atoms with Crippen LogP contribution in [0.4, 0.5) is 11.4 Å². The first kappa shape index (κ1) is 18.9. The lowest BCUT2D eigenvalue weighted by atomic mass is 10.1. The zero-order valence-corrected chi connectivity index (χ0v) is 15.6. The van der Waals surface area contributed by atoms with Crippen molar-refractivity contribution in [3.63, 3.8) is 0 Å². The quantitative estimate of drug-likeness (QED) is 0.877. The number of carbonyl (C=O) groups is 2. The SMILES string of the molecule is COc1ccccc1C(=O)Nc1ccc(N(C(C)=O)C2CCOCC2)cc1. The average Bonchev–Trinajstić information content (AvgIpc) is 2.70. The van der Waals surface area contributed by atoms with E-state index >= 15 is 0 Å². The highest BCUT2D eigenvalue weighted by Gasteiger charge is 2.25. The summed E-state index contributed by atoms with van der Waals surface area (Å²) in [6, 6.07) is 14.5. The van der Waals surface area contributed by atoms with Gasteiger partial charge in [-0.25, -0.2) is 0 Å². The molecule has 0 saturated carbocycles. The Morgan fingerprint density at radius 3 is 2.37 bits per heavy atom. The molecule has 1 heterocycles. The number of anilines is 2. The first-order valence-electron chi connectivity index (χ1n) is 9.02. The Morgan fingerprint density at radius 1 is 1.07 bits per heavy atom. The van der Waals surface area contributed by atoms with Crippen LogP contribution >= 0.6 is 0 Å². The third kappa shape index (κ3) is 4.46. The maximum Gasteiger partial charge on any atom is 0.259 e. The molecule has 1 saturated heterocycles. The van der Waals surface area contributed by atoms with Gasteiger partial charge in [-0.3, -0.25) is 9.59 Å². The van der Waals surface area contributed by atoms with Crippen molar-refractivity contribution in [3.8, 4) is 5.75 Å². The average molecular weight is 368 g/mol. The van der Waals surface area contributed by atoms with Crippen LogP contribution in [0.25, 0.3) is 0 Å². The van der Waals surface area contributed by atoms with Crippen molar-refractivity contribution in [1.82, 2.24) is 0 Å². The lowest BCUT2D eigenvalue weighted by Gasteiger charge is -2.33. The third-order valence-corrected chi connectivity index (χ3v) is 4.65. The van der Waals surface area contributed by atoms with Gasteiger partial charge in [-0.05, 0) is 49.2 Å². The Bertz CT molecular complexity index is 798. The predicted octanol–water partition coefficient (Wildman–Crippen LogP) is 3.48. The van der Waals surface area contributed by atoms with Crippen molar-refractivity contribution in [2.45, 2.75) is 25.8 Å². The van der Waals surface area contributed by atoms with Gasteiger partial charge in [-0.15, -0.1) is 0 Å². The van der Waals surface area contributed by atoms with E-state index < -0.39 is 0 Å². The van der Waals surface area contributed by atoms with Gasteiger partial charge < -0.3 is 19.7 Å². The minimum atomic E-state index is -0.243. The van der Waals surface area contributed by atoms with Gasteiger partial charge in [0.15, 0.2) is 0 Å². The molecule has 3 rings (SSSR count). The normalized spacial score (nSPS) is 14.4. The molecular weight excluding hydrogens is 344 g/mol. The molecule has 0 bridgehead atoms. The Labute approximate surface area is 159 Å². The number of benzene rings is 2. The molecule has 0 aromatic heterocycles. The van der Waals surface area contributed by atoms with E-state index in [9.17, 15) is 9.59 Å². The number of carbonyl (C=O) groups excluding carboxylic acids is 2. The monoisotopic (exact) mass is 368 g/mol. The molecule has 2 aromatic carbocycles. The fraction of sp³-hybridized carbons (Fsp3) is 0.333.